The number of aliphatic hydroxyl groups excluding tert-OH is 4. The van der Waals surface area contributed by atoms with E-state index in [1.54, 1.807) is 18.2 Å². The Kier molecular flexibility index (Phi) is 9.21. The van der Waals surface area contributed by atoms with Gasteiger partial charge in [0.15, 0.2) is 0 Å². The predicted octanol–water partition coefficient (Wildman–Crippen LogP) is 1.39. The Morgan fingerprint density at radius 3 is 2.50 bits per heavy atom. The summed E-state index contributed by atoms with van der Waals surface area (Å²) in [5.74, 6) is -1.07. The van der Waals surface area contributed by atoms with Crippen molar-refractivity contribution in [2.45, 2.75) is 49.1 Å². The molecule has 0 radical (unpaired) electrons. The Bertz CT molecular complexity index is 980. The molecule has 0 saturated carbocycles. The molecule has 4 N–H and O–H groups in total. The third kappa shape index (κ3) is 5.85. The van der Waals surface area contributed by atoms with Gasteiger partial charge in [-0.2, -0.15) is 0 Å². The summed E-state index contributed by atoms with van der Waals surface area (Å²) in [6, 6.07) is 12.6. The average Bonchev–Trinajstić information content (AvgIpc) is 3.42. The van der Waals surface area contributed by atoms with Crippen LogP contribution in [0.15, 0.2) is 42.5 Å². The van der Waals surface area contributed by atoms with E-state index in [2.05, 4.69) is 0 Å². The van der Waals surface area contributed by atoms with Gasteiger partial charge < -0.3 is 44.1 Å². The largest absolute Gasteiger partial charge is 0.491 e. The smallest absolute Gasteiger partial charge is 0.224 e. The molecule has 0 spiro atoms. The molecular formula is C26H33ClO9. The molecule has 0 aromatic heterocycles. The van der Waals surface area contributed by atoms with Crippen LogP contribution in [0.2, 0.25) is 5.02 Å². The molecule has 2 aromatic carbocycles. The lowest BCUT2D eigenvalue weighted by atomic mass is 9.87. The highest BCUT2D eigenvalue weighted by molar-refractivity contribution is 6.31. The summed E-state index contributed by atoms with van der Waals surface area (Å²) in [6.45, 7) is 1.76. The molecule has 198 valence electrons. The number of rotatable bonds is 10. The number of methoxy groups -OCH3 is 1. The summed E-state index contributed by atoms with van der Waals surface area (Å²) in [4.78, 5) is 0. The Balaban J connectivity index is 1.43. The van der Waals surface area contributed by atoms with Crippen LogP contribution >= 0.6 is 11.6 Å². The zero-order chi connectivity index (χ0) is 25.7. The highest BCUT2D eigenvalue weighted by atomic mass is 35.5. The van der Waals surface area contributed by atoms with E-state index in [4.69, 9.17) is 35.3 Å². The third-order valence-electron chi connectivity index (χ3n) is 6.61. The Morgan fingerprint density at radius 1 is 1.06 bits per heavy atom. The van der Waals surface area contributed by atoms with Gasteiger partial charge in [-0.3, -0.25) is 0 Å². The van der Waals surface area contributed by atoms with Crippen LogP contribution in [0.25, 0.3) is 0 Å². The quantitative estimate of drug-likeness (QED) is 0.341. The molecule has 0 aliphatic carbocycles. The van der Waals surface area contributed by atoms with Crippen LogP contribution in [0.4, 0.5) is 0 Å². The molecule has 2 aromatic rings. The fourth-order valence-corrected chi connectivity index (χ4v) is 4.72. The zero-order valence-electron chi connectivity index (χ0n) is 20.1. The van der Waals surface area contributed by atoms with E-state index < -0.39 is 36.8 Å². The van der Waals surface area contributed by atoms with Crippen LogP contribution < -0.4 is 4.74 Å². The van der Waals surface area contributed by atoms with Crippen LogP contribution in [0.5, 0.6) is 5.75 Å². The normalized spacial score (nSPS) is 30.4. The van der Waals surface area contributed by atoms with E-state index >= 15 is 0 Å². The average molecular weight is 525 g/mol. The van der Waals surface area contributed by atoms with Crippen molar-refractivity contribution in [3.63, 3.8) is 0 Å². The minimum atomic E-state index is -1.80. The van der Waals surface area contributed by atoms with E-state index in [1.807, 2.05) is 24.3 Å². The van der Waals surface area contributed by atoms with Gasteiger partial charge in [-0.25, -0.2) is 0 Å². The highest BCUT2D eigenvalue weighted by Gasteiger charge is 2.55. The van der Waals surface area contributed by atoms with Crippen molar-refractivity contribution in [1.82, 2.24) is 0 Å². The number of aliphatic hydroxyl groups is 4. The van der Waals surface area contributed by atoms with Crippen LogP contribution in [0.1, 0.15) is 23.1 Å². The molecule has 2 heterocycles. The van der Waals surface area contributed by atoms with Crippen molar-refractivity contribution >= 4 is 11.6 Å². The first-order chi connectivity index (χ1) is 17.4. The first-order valence-electron chi connectivity index (χ1n) is 12.0. The van der Waals surface area contributed by atoms with Gasteiger partial charge in [0, 0.05) is 24.3 Å². The summed E-state index contributed by atoms with van der Waals surface area (Å²) in [5.41, 5.74) is 2.11. The van der Waals surface area contributed by atoms with E-state index in [0.29, 0.717) is 36.8 Å². The Hall–Kier alpha value is -1.79. The van der Waals surface area contributed by atoms with Crippen molar-refractivity contribution in [3.05, 3.63) is 64.2 Å². The van der Waals surface area contributed by atoms with Crippen molar-refractivity contribution < 1.29 is 44.1 Å². The maximum atomic E-state index is 10.8. The molecule has 2 aliphatic heterocycles. The monoisotopic (exact) mass is 524 g/mol. The number of ether oxygens (including phenoxy) is 5. The standard InChI is InChI=1S/C26H33ClO9/c1-32-26(25(31)24(30)23(29)22(14-28)36-26)18-4-7-21(27)17(13-18)12-16-2-5-19(6-3-16)34-10-11-35-20-8-9-33-15-20/h2-7,13,20,22-25,28-31H,8-12,14-15H2,1H3/t20?,22-,23-,24+,25-,26?/m1/s1. The van der Waals surface area contributed by atoms with E-state index in [9.17, 15) is 20.4 Å². The second-order valence-corrected chi connectivity index (χ2v) is 9.38. The van der Waals surface area contributed by atoms with Gasteiger partial charge in [0.25, 0.3) is 0 Å². The Morgan fingerprint density at radius 2 is 1.83 bits per heavy atom. The molecular weight excluding hydrogens is 492 g/mol. The predicted molar refractivity (Wildman–Crippen MR) is 130 cm³/mol. The van der Waals surface area contributed by atoms with Gasteiger partial charge in [0.1, 0.15) is 36.8 Å². The summed E-state index contributed by atoms with van der Waals surface area (Å²) >= 11 is 6.47. The molecule has 0 bridgehead atoms. The van der Waals surface area contributed by atoms with E-state index in [1.165, 1.54) is 7.11 Å². The number of benzene rings is 2. The third-order valence-corrected chi connectivity index (χ3v) is 6.98. The first-order valence-corrected chi connectivity index (χ1v) is 12.3. The van der Waals surface area contributed by atoms with E-state index in [-0.39, 0.29) is 6.10 Å². The molecule has 0 amide bonds. The van der Waals surface area contributed by atoms with Crippen LogP contribution in [0.3, 0.4) is 0 Å². The zero-order valence-corrected chi connectivity index (χ0v) is 20.8. The maximum Gasteiger partial charge on any atom is 0.224 e. The van der Waals surface area contributed by atoms with Gasteiger partial charge in [-0.1, -0.05) is 29.8 Å². The summed E-state index contributed by atoms with van der Waals surface area (Å²) in [6.07, 6.45) is -4.26. The lowest BCUT2D eigenvalue weighted by molar-refractivity contribution is -0.366. The van der Waals surface area contributed by atoms with Gasteiger partial charge in [-0.05, 0) is 48.2 Å². The Labute approximate surface area is 215 Å². The summed E-state index contributed by atoms with van der Waals surface area (Å²) in [7, 11) is 1.32. The lowest BCUT2D eigenvalue weighted by Crippen LogP contribution is -2.64. The van der Waals surface area contributed by atoms with Crippen LogP contribution in [-0.2, 0) is 31.2 Å². The molecule has 6 atom stereocenters. The second-order valence-electron chi connectivity index (χ2n) is 8.97. The minimum absolute atomic E-state index is 0.150. The molecule has 10 heteroatoms. The lowest BCUT2D eigenvalue weighted by Gasteiger charge is -2.47. The fraction of sp³-hybridized carbons (Fsp3) is 0.538. The topological polar surface area (TPSA) is 127 Å². The number of halogens is 1. The molecule has 36 heavy (non-hydrogen) atoms. The molecule has 2 aliphatic rings. The van der Waals surface area contributed by atoms with Gasteiger partial charge in [0.2, 0.25) is 5.79 Å². The fourth-order valence-electron chi connectivity index (χ4n) is 4.54. The first kappa shape index (κ1) is 27.3. The summed E-state index contributed by atoms with van der Waals surface area (Å²) in [5, 5.41) is 41.3. The summed E-state index contributed by atoms with van der Waals surface area (Å²) < 4.78 is 28.1. The van der Waals surface area contributed by atoms with Gasteiger partial charge in [-0.15, -0.1) is 0 Å². The van der Waals surface area contributed by atoms with Gasteiger partial charge >= 0.3 is 0 Å². The molecule has 4 rings (SSSR count). The number of hydrogen-bond acceptors (Lipinski definition) is 9. The van der Waals surface area contributed by atoms with Crippen molar-refractivity contribution in [1.29, 1.82) is 0 Å². The molecule has 2 unspecified atom stereocenters. The van der Waals surface area contributed by atoms with Crippen molar-refractivity contribution in [2.75, 3.05) is 40.1 Å². The molecule has 9 nitrogen and oxygen atoms in total. The van der Waals surface area contributed by atoms with Crippen LogP contribution in [-0.4, -0.2) is 91.1 Å². The SMILES string of the molecule is COC1(c2ccc(Cl)c(Cc3ccc(OCCOC4CCOC4)cc3)c2)O[C@H](CO)[C@@H](O)[C@H](O)[C@H]1O. The number of hydrogen-bond donors (Lipinski definition) is 4. The molecule has 2 fully saturated rings. The van der Waals surface area contributed by atoms with Gasteiger partial charge in [0.05, 0.1) is 25.9 Å². The highest BCUT2D eigenvalue weighted by Crippen LogP contribution is 2.40. The van der Waals surface area contributed by atoms with E-state index in [0.717, 1.165) is 29.9 Å². The van der Waals surface area contributed by atoms with Crippen molar-refractivity contribution in [2.24, 2.45) is 0 Å². The maximum absolute atomic E-state index is 10.8. The van der Waals surface area contributed by atoms with Crippen molar-refractivity contribution in [3.8, 4) is 5.75 Å². The second kappa shape index (κ2) is 12.2. The molecule has 2 saturated heterocycles. The minimum Gasteiger partial charge on any atom is -0.491 e. The van der Waals surface area contributed by atoms with Crippen LogP contribution in [0, 0.1) is 0 Å².